The lowest BCUT2D eigenvalue weighted by Gasteiger charge is -2.07. The molecule has 0 aliphatic heterocycles. The van der Waals surface area contributed by atoms with Gasteiger partial charge in [0, 0.05) is 18.3 Å². The van der Waals surface area contributed by atoms with Crippen LogP contribution in [0.4, 0.5) is 15.8 Å². The molecule has 0 atom stereocenters. The molecule has 138 valence electrons. The van der Waals surface area contributed by atoms with Gasteiger partial charge in [-0.1, -0.05) is 18.2 Å². The Bertz CT molecular complexity index is 998. The number of oxazole rings is 1. The molecule has 2 amide bonds. The van der Waals surface area contributed by atoms with Crippen LogP contribution in [0.5, 0.6) is 0 Å². The Morgan fingerprint density at radius 3 is 2.48 bits per heavy atom. The van der Waals surface area contributed by atoms with Crippen LogP contribution in [0.15, 0.2) is 52.9 Å². The standard InChI is InChI=1S/C20H18FN3O3/c1-12-18(24-20(27-12)16-8-3-4-9-17(16)21)11-19(26)23-15-7-5-6-14(10-15)22-13(2)25/h3-10H,11H2,1-2H3,(H,22,25)(H,23,26). The molecular formula is C20H18FN3O3. The summed E-state index contributed by atoms with van der Waals surface area (Å²) in [6, 6.07) is 13.0. The maximum Gasteiger partial charge on any atom is 0.230 e. The summed E-state index contributed by atoms with van der Waals surface area (Å²) in [5.74, 6) is -0.343. The Labute approximate surface area is 155 Å². The van der Waals surface area contributed by atoms with E-state index in [1.54, 1.807) is 49.4 Å². The van der Waals surface area contributed by atoms with Crippen LogP contribution in [0.3, 0.4) is 0 Å². The molecule has 1 aromatic heterocycles. The number of nitrogens with zero attached hydrogens (tertiary/aromatic N) is 1. The van der Waals surface area contributed by atoms with E-state index in [9.17, 15) is 14.0 Å². The summed E-state index contributed by atoms with van der Waals surface area (Å²) in [5.41, 5.74) is 1.81. The molecule has 0 bridgehead atoms. The minimum absolute atomic E-state index is 0.0197. The smallest absolute Gasteiger partial charge is 0.230 e. The van der Waals surface area contributed by atoms with Gasteiger partial charge in [0.2, 0.25) is 17.7 Å². The number of carbonyl (C=O) groups excluding carboxylic acids is 2. The zero-order valence-electron chi connectivity index (χ0n) is 14.9. The summed E-state index contributed by atoms with van der Waals surface area (Å²) >= 11 is 0. The van der Waals surface area contributed by atoms with Gasteiger partial charge in [0.15, 0.2) is 0 Å². The zero-order valence-corrected chi connectivity index (χ0v) is 14.9. The molecule has 0 aliphatic carbocycles. The second-order valence-electron chi connectivity index (χ2n) is 5.99. The first-order valence-electron chi connectivity index (χ1n) is 8.31. The Kier molecular flexibility index (Phi) is 5.30. The molecule has 0 unspecified atom stereocenters. The van der Waals surface area contributed by atoms with E-state index in [2.05, 4.69) is 15.6 Å². The van der Waals surface area contributed by atoms with E-state index in [0.717, 1.165) is 0 Å². The third-order valence-corrected chi connectivity index (χ3v) is 3.79. The number of aromatic nitrogens is 1. The second kappa shape index (κ2) is 7.82. The predicted octanol–water partition coefficient (Wildman–Crippen LogP) is 3.93. The van der Waals surface area contributed by atoms with Crippen LogP contribution in [-0.2, 0) is 16.0 Å². The molecule has 2 N–H and O–H groups in total. The molecule has 1 heterocycles. The van der Waals surface area contributed by atoms with Gasteiger partial charge in [-0.15, -0.1) is 0 Å². The van der Waals surface area contributed by atoms with Crippen molar-refractivity contribution in [2.45, 2.75) is 20.3 Å². The molecule has 0 spiro atoms. The molecule has 0 saturated carbocycles. The fourth-order valence-corrected chi connectivity index (χ4v) is 2.58. The number of benzene rings is 2. The van der Waals surface area contributed by atoms with Gasteiger partial charge in [-0.2, -0.15) is 0 Å². The first kappa shape index (κ1) is 18.3. The van der Waals surface area contributed by atoms with Gasteiger partial charge < -0.3 is 15.1 Å². The molecule has 7 heteroatoms. The largest absolute Gasteiger partial charge is 0.441 e. The number of rotatable bonds is 5. The fraction of sp³-hybridized carbons (Fsp3) is 0.150. The number of carbonyl (C=O) groups is 2. The van der Waals surface area contributed by atoms with E-state index in [1.807, 2.05) is 0 Å². The van der Waals surface area contributed by atoms with E-state index in [1.165, 1.54) is 13.0 Å². The highest BCUT2D eigenvalue weighted by Gasteiger charge is 2.17. The maximum atomic E-state index is 13.9. The van der Waals surface area contributed by atoms with Gasteiger partial charge in [-0.25, -0.2) is 9.37 Å². The molecule has 0 radical (unpaired) electrons. The summed E-state index contributed by atoms with van der Waals surface area (Å²) in [6.45, 7) is 3.09. The van der Waals surface area contributed by atoms with E-state index in [4.69, 9.17) is 4.42 Å². The first-order valence-corrected chi connectivity index (χ1v) is 8.31. The molecule has 0 fully saturated rings. The average Bonchev–Trinajstić information content (AvgIpc) is 2.95. The maximum absolute atomic E-state index is 13.9. The highest BCUT2D eigenvalue weighted by molar-refractivity contribution is 5.94. The Hall–Kier alpha value is -3.48. The lowest BCUT2D eigenvalue weighted by atomic mass is 10.2. The number of anilines is 2. The van der Waals surface area contributed by atoms with Crippen LogP contribution in [0.2, 0.25) is 0 Å². The molecule has 27 heavy (non-hydrogen) atoms. The number of amides is 2. The third kappa shape index (κ3) is 4.58. The molecule has 2 aromatic carbocycles. The van der Waals surface area contributed by atoms with E-state index < -0.39 is 5.82 Å². The molecule has 3 aromatic rings. The van der Waals surface area contributed by atoms with Crippen molar-refractivity contribution >= 4 is 23.2 Å². The van der Waals surface area contributed by atoms with Crippen molar-refractivity contribution < 1.29 is 18.4 Å². The van der Waals surface area contributed by atoms with Crippen molar-refractivity contribution in [3.8, 4) is 11.5 Å². The Balaban J connectivity index is 1.72. The number of aryl methyl sites for hydroxylation is 1. The summed E-state index contributed by atoms with van der Waals surface area (Å²) in [6.07, 6.45) is -0.0197. The van der Waals surface area contributed by atoms with Crippen LogP contribution in [0.1, 0.15) is 18.4 Å². The normalized spacial score (nSPS) is 10.5. The monoisotopic (exact) mass is 367 g/mol. The first-order chi connectivity index (χ1) is 12.9. The van der Waals surface area contributed by atoms with Crippen LogP contribution >= 0.6 is 0 Å². The SMILES string of the molecule is CC(=O)Nc1cccc(NC(=O)Cc2nc(-c3ccccc3F)oc2C)c1. The van der Waals surface area contributed by atoms with Gasteiger partial charge in [0.05, 0.1) is 17.7 Å². The topological polar surface area (TPSA) is 84.2 Å². The summed E-state index contributed by atoms with van der Waals surface area (Å²) in [7, 11) is 0. The van der Waals surface area contributed by atoms with Gasteiger partial charge in [-0.3, -0.25) is 9.59 Å². The summed E-state index contributed by atoms with van der Waals surface area (Å²) < 4.78 is 19.4. The molecule has 6 nitrogen and oxygen atoms in total. The minimum Gasteiger partial charge on any atom is -0.441 e. The predicted molar refractivity (Wildman–Crippen MR) is 99.7 cm³/mol. The zero-order chi connectivity index (χ0) is 19.4. The highest BCUT2D eigenvalue weighted by Crippen LogP contribution is 2.24. The van der Waals surface area contributed by atoms with Crippen molar-refractivity contribution in [1.82, 2.24) is 4.98 Å². The quantitative estimate of drug-likeness (QED) is 0.716. The van der Waals surface area contributed by atoms with Crippen molar-refractivity contribution in [3.05, 3.63) is 65.8 Å². The van der Waals surface area contributed by atoms with Gasteiger partial charge in [0.1, 0.15) is 11.6 Å². The van der Waals surface area contributed by atoms with Crippen LogP contribution < -0.4 is 10.6 Å². The number of hydrogen-bond acceptors (Lipinski definition) is 4. The van der Waals surface area contributed by atoms with Crippen molar-refractivity contribution in [2.75, 3.05) is 10.6 Å². The molecule has 0 saturated heterocycles. The lowest BCUT2D eigenvalue weighted by Crippen LogP contribution is -2.15. The van der Waals surface area contributed by atoms with Crippen LogP contribution in [0.25, 0.3) is 11.5 Å². The van der Waals surface area contributed by atoms with Crippen molar-refractivity contribution in [3.63, 3.8) is 0 Å². The summed E-state index contributed by atoms with van der Waals surface area (Å²) in [5, 5.41) is 5.40. The Morgan fingerprint density at radius 2 is 1.78 bits per heavy atom. The van der Waals surface area contributed by atoms with Crippen molar-refractivity contribution in [2.24, 2.45) is 0 Å². The molecule has 0 aliphatic rings. The number of nitrogens with one attached hydrogen (secondary N) is 2. The third-order valence-electron chi connectivity index (χ3n) is 3.79. The Morgan fingerprint density at radius 1 is 1.07 bits per heavy atom. The van der Waals surface area contributed by atoms with Crippen molar-refractivity contribution in [1.29, 1.82) is 0 Å². The van der Waals surface area contributed by atoms with E-state index in [-0.39, 0.29) is 29.7 Å². The average molecular weight is 367 g/mol. The molecule has 3 rings (SSSR count). The van der Waals surface area contributed by atoms with Crippen LogP contribution in [-0.4, -0.2) is 16.8 Å². The second-order valence-corrected chi connectivity index (χ2v) is 5.99. The fourth-order valence-electron chi connectivity index (χ4n) is 2.58. The highest BCUT2D eigenvalue weighted by atomic mass is 19.1. The van der Waals surface area contributed by atoms with Crippen LogP contribution in [0, 0.1) is 12.7 Å². The minimum atomic E-state index is -0.440. The molecular weight excluding hydrogens is 349 g/mol. The lowest BCUT2D eigenvalue weighted by molar-refractivity contribution is -0.116. The van der Waals surface area contributed by atoms with Gasteiger partial charge >= 0.3 is 0 Å². The van der Waals surface area contributed by atoms with Gasteiger partial charge in [-0.05, 0) is 37.3 Å². The van der Waals surface area contributed by atoms with E-state index >= 15 is 0 Å². The number of hydrogen-bond donors (Lipinski definition) is 2. The van der Waals surface area contributed by atoms with E-state index in [0.29, 0.717) is 22.8 Å². The number of halogens is 1. The summed E-state index contributed by atoms with van der Waals surface area (Å²) in [4.78, 5) is 27.7. The van der Waals surface area contributed by atoms with Gasteiger partial charge in [0.25, 0.3) is 0 Å².